The van der Waals surface area contributed by atoms with E-state index in [0.717, 1.165) is 38.2 Å². The molecular formula is C69H82N2O12. The van der Waals surface area contributed by atoms with E-state index in [-0.39, 0.29) is 53.8 Å². The number of carbonyl (C=O) groups is 3. The minimum atomic E-state index is -1.81. The molecule has 0 aromatic heterocycles. The zero-order valence-corrected chi connectivity index (χ0v) is 49.8. The number of likely N-dealkylation sites (N-methyl/N-ethyl adjacent to an activating group) is 1. The molecule has 1 amide bonds. The van der Waals surface area contributed by atoms with Gasteiger partial charge in [0.05, 0.1) is 23.7 Å². The molecule has 12 atom stereocenters. The highest BCUT2D eigenvalue weighted by molar-refractivity contribution is 6.07. The predicted octanol–water partition coefficient (Wildman–Crippen LogP) is 10.4. The third kappa shape index (κ3) is 11.2. The molecule has 14 heteroatoms. The highest BCUT2D eigenvalue weighted by atomic mass is 16.7. The normalized spacial score (nSPS) is 28.3. The average Bonchev–Trinajstić information content (AvgIpc) is 1.82. The Morgan fingerprint density at radius 1 is 0.795 bits per heavy atom. The number of Topliss-reactive ketones (excluding diaryl/α,β-unsaturated/α-hetero) is 2. The largest absolute Gasteiger partial charge is 0.488 e. The second-order valence-electron chi connectivity index (χ2n) is 25.1. The molecule has 5 aromatic carbocycles. The summed E-state index contributed by atoms with van der Waals surface area (Å²) in [6.45, 7) is 18.0. The number of fused-ring (bicyclic) bond motifs is 5. The van der Waals surface area contributed by atoms with Crippen molar-refractivity contribution in [3.05, 3.63) is 154 Å². The summed E-state index contributed by atoms with van der Waals surface area (Å²) in [7, 11) is 3.77. The Hall–Kier alpha value is -6.49. The fraction of sp³-hybridized carbons (Fsp3) is 0.464. The molecule has 5 aliphatic rings. The van der Waals surface area contributed by atoms with Crippen molar-refractivity contribution >= 4 is 45.1 Å². The monoisotopic (exact) mass is 1130 g/mol. The van der Waals surface area contributed by atoms with Gasteiger partial charge in [-0.2, -0.15) is 0 Å². The molecule has 0 bridgehead atoms. The fourth-order valence-corrected chi connectivity index (χ4v) is 13.8. The lowest BCUT2D eigenvalue weighted by molar-refractivity contribution is -0.296. The summed E-state index contributed by atoms with van der Waals surface area (Å²) in [5.74, 6) is -2.04. The van der Waals surface area contributed by atoms with E-state index in [0.29, 0.717) is 48.4 Å². The molecule has 2 saturated heterocycles. The summed E-state index contributed by atoms with van der Waals surface area (Å²) < 4.78 is 34.5. The Morgan fingerprint density at radius 2 is 1.42 bits per heavy atom. The summed E-state index contributed by atoms with van der Waals surface area (Å²) in [5.41, 5.74) is 2.78. The Balaban J connectivity index is 1.09. The molecule has 4 N–H and O–H groups in total. The maximum absolute atomic E-state index is 16.7. The van der Waals surface area contributed by atoms with E-state index in [1.807, 2.05) is 129 Å². The number of hydrogen-bond donors (Lipinski definition) is 4. The lowest BCUT2D eigenvalue weighted by Gasteiger charge is -2.59. The molecule has 10 rings (SSSR count). The van der Waals surface area contributed by atoms with E-state index < -0.39 is 84.0 Å². The topological polar surface area (TPSA) is 185 Å². The maximum atomic E-state index is 16.7. The number of benzene rings is 5. The van der Waals surface area contributed by atoms with E-state index in [1.165, 1.54) is 5.57 Å². The van der Waals surface area contributed by atoms with Crippen molar-refractivity contribution in [1.29, 1.82) is 0 Å². The van der Waals surface area contributed by atoms with Gasteiger partial charge in [0, 0.05) is 62.0 Å². The van der Waals surface area contributed by atoms with Crippen LogP contribution in [0.25, 0.3) is 27.6 Å². The Morgan fingerprint density at radius 3 is 2.05 bits per heavy atom. The summed E-state index contributed by atoms with van der Waals surface area (Å²) in [4.78, 5) is 49.9. The Kier molecular flexibility index (Phi) is 16.9. The standard InChI is InChI=1S/C69H82N2O12/c1-39(2)19-18-32-68(9)33-31-50-60(82-68)49(29-28-40(3)4)61-55(62(50)81-66-59(77)58(76)56(74)52(38-72)79-66)57(75)54(42(6)70(10)36-45-24-16-22-43-20-12-14-26-47(43)45)63(80-61)51-35-53(73)69(64(51)67(7,8)83-69)34-30-41(5)65(78)71(11)37-46-25-17-23-44-21-13-15-27-48(44)46/h12-17,19-28,30-31,33,42,51-52,54,56,58-59,63-64,66,72,74,76-77H,18,29,32,34-38H2,1-11H3/b41-30-/t42?,51?,52?,54?,56-,58+,59-,63?,64?,66+,68?,69?/m1/s1. The SMILES string of the molecule is CC(C)=CCCC1(C)C=Cc2c(c(CC=C(C)C)c3c(c2O[C@@H]2OC(CO)[C@@H](O)[C@H](O)[C@H]2O)C(=O)C(C(C)N(C)Cc2cccc4ccccc24)C(C2CC(=O)C4(C/C=C(/C)C(=O)N(C)Cc5cccc6ccccc56)OC(C)(C)C24)O3)O1. The first-order valence-electron chi connectivity index (χ1n) is 29.3. The molecular weight excluding hydrogens is 1050 g/mol. The summed E-state index contributed by atoms with van der Waals surface area (Å²) >= 11 is 0. The molecule has 440 valence electrons. The van der Waals surface area contributed by atoms with Crippen molar-refractivity contribution in [2.75, 3.05) is 20.7 Å². The lowest BCUT2D eigenvalue weighted by atomic mass is 9.63. The summed E-state index contributed by atoms with van der Waals surface area (Å²) in [6.07, 6.45) is 2.47. The number of aliphatic hydroxyl groups excluding tert-OH is 4. The summed E-state index contributed by atoms with van der Waals surface area (Å²) in [6, 6.07) is 28.0. The van der Waals surface area contributed by atoms with Gasteiger partial charge in [-0.05, 0) is 133 Å². The zero-order chi connectivity index (χ0) is 59.4. The van der Waals surface area contributed by atoms with Gasteiger partial charge < -0.3 is 49.0 Å². The van der Waals surface area contributed by atoms with Crippen LogP contribution in [-0.4, -0.2) is 128 Å². The van der Waals surface area contributed by atoms with Crippen molar-refractivity contribution in [2.45, 2.75) is 167 Å². The second kappa shape index (κ2) is 23.5. The van der Waals surface area contributed by atoms with Crippen LogP contribution in [0.2, 0.25) is 0 Å². The number of rotatable bonds is 18. The van der Waals surface area contributed by atoms with E-state index in [9.17, 15) is 25.2 Å². The minimum Gasteiger partial charge on any atom is -0.488 e. The van der Waals surface area contributed by atoms with Crippen LogP contribution in [-0.2, 0) is 38.6 Å². The molecule has 1 saturated carbocycles. The molecule has 0 radical (unpaired) electrons. The molecule has 3 fully saturated rings. The van der Waals surface area contributed by atoms with Crippen LogP contribution < -0.4 is 14.2 Å². The van der Waals surface area contributed by atoms with E-state index >= 15 is 9.59 Å². The molecule has 4 aliphatic heterocycles. The van der Waals surface area contributed by atoms with E-state index in [2.05, 4.69) is 53.4 Å². The highest BCUT2D eigenvalue weighted by Gasteiger charge is 2.72. The number of nitrogens with zero attached hydrogens (tertiary/aromatic N) is 2. The van der Waals surface area contributed by atoms with Crippen molar-refractivity contribution in [3.63, 3.8) is 0 Å². The zero-order valence-electron chi connectivity index (χ0n) is 49.8. The van der Waals surface area contributed by atoms with Crippen LogP contribution in [0.4, 0.5) is 0 Å². The van der Waals surface area contributed by atoms with E-state index in [1.54, 1.807) is 18.9 Å². The Labute approximate surface area is 488 Å². The van der Waals surface area contributed by atoms with Crippen LogP contribution in [0.15, 0.2) is 126 Å². The Bertz CT molecular complexity index is 3430. The number of carbonyl (C=O) groups excluding carboxylic acids is 3. The molecule has 83 heavy (non-hydrogen) atoms. The molecule has 4 heterocycles. The quantitative estimate of drug-likeness (QED) is 0.0481. The van der Waals surface area contributed by atoms with Gasteiger partial charge in [0.1, 0.15) is 64.5 Å². The van der Waals surface area contributed by atoms with Gasteiger partial charge in [-0.25, -0.2) is 0 Å². The number of aliphatic hydroxyl groups is 4. The molecule has 0 spiro atoms. The first kappa shape index (κ1) is 59.7. The molecule has 14 nitrogen and oxygen atoms in total. The van der Waals surface area contributed by atoms with Gasteiger partial charge in [-0.3, -0.25) is 19.3 Å². The van der Waals surface area contributed by atoms with Crippen LogP contribution in [0.3, 0.4) is 0 Å². The third-order valence-electron chi connectivity index (χ3n) is 18.2. The minimum absolute atomic E-state index is 0.0138. The van der Waals surface area contributed by atoms with Crippen molar-refractivity contribution in [3.8, 4) is 17.2 Å². The highest BCUT2D eigenvalue weighted by Crippen LogP contribution is 2.63. The van der Waals surface area contributed by atoms with E-state index in [4.69, 9.17) is 23.7 Å². The number of amides is 1. The van der Waals surface area contributed by atoms with Gasteiger partial charge in [0.25, 0.3) is 0 Å². The molecule has 8 unspecified atom stereocenters. The van der Waals surface area contributed by atoms with Crippen molar-refractivity contribution in [1.82, 2.24) is 9.80 Å². The van der Waals surface area contributed by atoms with Crippen LogP contribution >= 0.6 is 0 Å². The molecule has 5 aromatic rings. The predicted molar refractivity (Wildman–Crippen MR) is 321 cm³/mol. The smallest absolute Gasteiger partial charge is 0.249 e. The van der Waals surface area contributed by atoms with Gasteiger partial charge >= 0.3 is 0 Å². The number of allylic oxidation sites excluding steroid dienone is 4. The van der Waals surface area contributed by atoms with Crippen LogP contribution in [0.5, 0.6) is 17.2 Å². The summed E-state index contributed by atoms with van der Waals surface area (Å²) in [5, 5.41) is 48.2. The first-order chi connectivity index (χ1) is 39.5. The van der Waals surface area contributed by atoms with Crippen LogP contribution in [0, 0.1) is 17.8 Å². The van der Waals surface area contributed by atoms with Crippen molar-refractivity contribution in [2.24, 2.45) is 17.8 Å². The van der Waals surface area contributed by atoms with Crippen LogP contribution in [0.1, 0.15) is 121 Å². The third-order valence-corrected chi connectivity index (χ3v) is 18.2. The lowest BCUT2D eigenvalue weighted by Crippen LogP contribution is -2.69. The number of hydrogen-bond acceptors (Lipinski definition) is 13. The van der Waals surface area contributed by atoms with Gasteiger partial charge in [-0.1, -0.05) is 114 Å². The molecule has 1 aliphatic carbocycles. The second-order valence-corrected chi connectivity index (χ2v) is 25.1. The van der Waals surface area contributed by atoms with Gasteiger partial charge in [0.2, 0.25) is 12.2 Å². The first-order valence-corrected chi connectivity index (χ1v) is 29.3. The maximum Gasteiger partial charge on any atom is 0.249 e. The fourth-order valence-electron chi connectivity index (χ4n) is 13.8. The van der Waals surface area contributed by atoms with Gasteiger partial charge in [-0.15, -0.1) is 0 Å². The van der Waals surface area contributed by atoms with Gasteiger partial charge in [0.15, 0.2) is 11.6 Å². The number of ketones is 2. The van der Waals surface area contributed by atoms with Crippen molar-refractivity contribution < 1.29 is 58.5 Å². The average molecular weight is 1130 g/mol. The number of ether oxygens (including phenoxy) is 5.